The van der Waals surface area contributed by atoms with E-state index in [0.717, 1.165) is 5.56 Å². The van der Waals surface area contributed by atoms with Gasteiger partial charge in [0.15, 0.2) is 0 Å². The third-order valence-electron chi connectivity index (χ3n) is 4.21. The Kier molecular flexibility index (Phi) is 4.93. The monoisotopic (exact) mass is 329 g/mol. The molecule has 1 atom stereocenters. The van der Waals surface area contributed by atoms with Crippen LogP contribution in [0.1, 0.15) is 22.0 Å². The zero-order valence-corrected chi connectivity index (χ0v) is 13.1. The quantitative estimate of drug-likeness (QED) is 0.652. The number of amides is 2. The minimum absolute atomic E-state index is 0.0775. The molecular weight excluding hydrogens is 310 g/mol. The van der Waals surface area contributed by atoms with Gasteiger partial charge in [-0.3, -0.25) is 19.7 Å². The van der Waals surface area contributed by atoms with Crippen molar-refractivity contribution in [1.29, 1.82) is 0 Å². The lowest BCUT2D eigenvalue weighted by molar-refractivity contribution is -0.135. The van der Waals surface area contributed by atoms with Crippen LogP contribution in [-0.4, -0.2) is 53.0 Å². The van der Waals surface area contributed by atoms with E-state index >= 15 is 0 Å². The van der Waals surface area contributed by atoms with Gasteiger partial charge in [0.1, 0.15) is 12.3 Å². The third kappa shape index (κ3) is 3.32. The minimum atomic E-state index is -0.581. The summed E-state index contributed by atoms with van der Waals surface area (Å²) < 4.78 is 4.95. The van der Waals surface area contributed by atoms with E-state index in [1.54, 1.807) is 16.4 Å². The summed E-state index contributed by atoms with van der Waals surface area (Å²) in [4.78, 5) is 28.1. The molecule has 7 nitrogen and oxygen atoms in total. The topological polar surface area (TPSA) is 86.0 Å². The summed E-state index contributed by atoms with van der Waals surface area (Å²) >= 11 is 0. The zero-order chi connectivity index (χ0) is 16.9. The normalized spacial score (nSPS) is 16.6. The van der Waals surface area contributed by atoms with Crippen molar-refractivity contribution in [2.45, 2.75) is 6.04 Å². The van der Waals surface area contributed by atoms with Crippen molar-refractivity contribution in [2.24, 2.45) is 0 Å². The van der Waals surface area contributed by atoms with Gasteiger partial charge in [-0.05, 0) is 11.6 Å². The molecule has 1 saturated heterocycles. The van der Waals surface area contributed by atoms with Gasteiger partial charge in [0.25, 0.3) is 11.8 Å². The molecular formula is C17H19N3O4. The molecule has 2 aromatic rings. The first-order valence-electron chi connectivity index (χ1n) is 7.75. The maximum atomic E-state index is 12.3. The Balaban J connectivity index is 1.69. The van der Waals surface area contributed by atoms with E-state index in [9.17, 15) is 9.59 Å². The van der Waals surface area contributed by atoms with Crippen LogP contribution < -0.4 is 5.48 Å². The number of benzene rings is 1. The molecule has 2 amide bonds. The summed E-state index contributed by atoms with van der Waals surface area (Å²) in [5, 5.41) is 9.06. The van der Waals surface area contributed by atoms with E-state index in [1.807, 2.05) is 35.2 Å². The lowest BCUT2D eigenvalue weighted by atomic mass is 10.0. The average molecular weight is 329 g/mol. The highest BCUT2D eigenvalue weighted by molar-refractivity contribution is 5.93. The number of carbonyl (C=O) groups excluding carboxylic acids is 2. The van der Waals surface area contributed by atoms with Crippen molar-refractivity contribution in [3.63, 3.8) is 0 Å². The first-order chi connectivity index (χ1) is 11.7. The molecule has 1 fully saturated rings. The van der Waals surface area contributed by atoms with Gasteiger partial charge in [0.2, 0.25) is 0 Å². The molecule has 0 aliphatic carbocycles. The molecule has 0 spiro atoms. The highest BCUT2D eigenvalue weighted by Gasteiger charge is 2.31. The summed E-state index contributed by atoms with van der Waals surface area (Å²) in [6.45, 7) is 2.09. The Morgan fingerprint density at radius 2 is 1.79 bits per heavy atom. The van der Waals surface area contributed by atoms with Crippen LogP contribution in [0.25, 0.3) is 0 Å². The van der Waals surface area contributed by atoms with Crippen molar-refractivity contribution in [3.05, 3.63) is 60.1 Å². The van der Waals surface area contributed by atoms with Gasteiger partial charge in [-0.2, -0.15) is 0 Å². The summed E-state index contributed by atoms with van der Waals surface area (Å²) in [6.07, 6.45) is 2.90. The SMILES string of the molecule is O=C(NO)C(c1ccccc1)N1CCN(C(=O)c2ccoc2)CC1. The fraction of sp³-hybridized carbons (Fsp3) is 0.294. The predicted molar refractivity (Wildman–Crippen MR) is 85.3 cm³/mol. The molecule has 2 heterocycles. The second-order valence-electron chi connectivity index (χ2n) is 5.63. The number of hydroxylamine groups is 1. The van der Waals surface area contributed by atoms with Crippen molar-refractivity contribution in [2.75, 3.05) is 26.2 Å². The fourth-order valence-electron chi connectivity index (χ4n) is 2.98. The van der Waals surface area contributed by atoms with Crippen LogP contribution in [0.4, 0.5) is 0 Å². The summed E-state index contributed by atoms with van der Waals surface area (Å²) in [7, 11) is 0. The molecule has 0 bridgehead atoms. The van der Waals surface area contributed by atoms with Gasteiger partial charge >= 0.3 is 0 Å². The van der Waals surface area contributed by atoms with E-state index in [0.29, 0.717) is 31.7 Å². The fourth-order valence-corrected chi connectivity index (χ4v) is 2.98. The largest absolute Gasteiger partial charge is 0.472 e. The summed E-state index contributed by atoms with van der Waals surface area (Å²) in [5.41, 5.74) is 3.07. The van der Waals surface area contributed by atoms with Crippen LogP contribution >= 0.6 is 0 Å². The van der Waals surface area contributed by atoms with Crippen LogP contribution in [-0.2, 0) is 4.79 Å². The second-order valence-corrected chi connectivity index (χ2v) is 5.63. The van der Waals surface area contributed by atoms with Crippen molar-refractivity contribution < 1.29 is 19.2 Å². The number of nitrogens with one attached hydrogen (secondary N) is 1. The maximum absolute atomic E-state index is 12.3. The van der Waals surface area contributed by atoms with Gasteiger partial charge in [0, 0.05) is 26.2 Å². The van der Waals surface area contributed by atoms with Gasteiger partial charge in [-0.25, -0.2) is 5.48 Å². The number of nitrogens with zero attached hydrogens (tertiary/aromatic N) is 2. The van der Waals surface area contributed by atoms with Crippen LogP contribution in [0.5, 0.6) is 0 Å². The molecule has 1 aromatic carbocycles. The molecule has 1 aliphatic rings. The van der Waals surface area contributed by atoms with Gasteiger partial charge in [0.05, 0.1) is 11.8 Å². The van der Waals surface area contributed by atoms with E-state index < -0.39 is 11.9 Å². The van der Waals surface area contributed by atoms with E-state index in [2.05, 4.69) is 0 Å². The highest BCUT2D eigenvalue weighted by Crippen LogP contribution is 2.23. The Morgan fingerprint density at radius 3 is 2.38 bits per heavy atom. The molecule has 7 heteroatoms. The van der Waals surface area contributed by atoms with Crippen LogP contribution in [0.2, 0.25) is 0 Å². The number of hydrogen-bond donors (Lipinski definition) is 2. The van der Waals surface area contributed by atoms with Crippen molar-refractivity contribution in [1.82, 2.24) is 15.3 Å². The Hall–Kier alpha value is -2.64. The lowest BCUT2D eigenvalue weighted by Gasteiger charge is -2.38. The van der Waals surface area contributed by atoms with Gasteiger partial charge in [-0.1, -0.05) is 30.3 Å². The maximum Gasteiger partial charge on any atom is 0.265 e. The zero-order valence-electron chi connectivity index (χ0n) is 13.1. The molecule has 0 radical (unpaired) electrons. The Labute approximate surface area is 139 Å². The summed E-state index contributed by atoms with van der Waals surface area (Å²) in [6, 6.07) is 10.3. The highest BCUT2D eigenvalue weighted by atomic mass is 16.5. The van der Waals surface area contributed by atoms with E-state index in [1.165, 1.54) is 12.5 Å². The predicted octanol–water partition coefficient (Wildman–Crippen LogP) is 1.28. The van der Waals surface area contributed by atoms with Gasteiger partial charge in [-0.15, -0.1) is 0 Å². The number of carbonyl (C=O) groups is 2. The molecule has 1 unspecified atom stereocenters. The second kappa shape index (κ2) is 7.29. The first kappa shape index (κ1) is 16.2. The number of furan rings is 1. The smallest absolute Gasteiger partial charge is 0.265 e. The number of hydrogen-bond acceptors (Lipinski definition) is 5. The Bertz CT molecular complexity index is 679. The molecule has 2 N–H and O–H groups in total. The third-order valence-corrected chi connectivity index (χ3v) is 4.21. The average Bonchev–Trinajstić information content (AvgIpc) is 3.17. The Morgan fingerprint density at radius 1 is 1.08 bits per heavy atom. The molecule has 1 aromatic heterocycles. The van der Waals surface area contributed by atoms with Crippen LogP contribution in [0.15, 0.2) is 53.3 Å². The first-order valence-corrected chi connectivity index (χ1v) is 7.75. The van der Waals surface area contributed by atoms with Crippen LogP contribution in [0, 0.1) is 0 Å². The van der Waals surface area contributed by atoms with E-state index in [4.69, 9.17) is 9.62 Å². The number of piperazine rings is 1. The number of rotatable bonds is 4. The molecule has 3 rings (SSSR count). The molecule has 126 valence electrons. The van der Waals surface area contributed by atoms with Crippen molar-refractivity contribution >= 4 is 11.8 Å². The van der Waals surface area contributed by atoms with E-state index in [-0.39, 0.29) is 5.91 Å². The van der Waals surface area contributed by atoms with Crippen molar-refractivity contribution in [3.8, 4) is 0 Å². The minimum Gasteiger partial charge on any atom is -0.472 e. The molecule has 24 heavy (non-hydrogen) atoms. The molecule has 1 aliphatic heterocycles. The van der Waals surface area contributed by atoms with Gasteiger partial charge < -0.3 is 9.32 Å². The van der Waals surface area contributed by atoms with Crippen LogP contribution in [0.3, 0.4) is 0 Å². The molecule has 0 saturated carbocycles. The summed E-state index contributed by atoms with van der Waals surface area (Å²) in [5.74, 6) is -0.554. The lowest BCUT2D eigenvalue weighted by Crippen LogP contribution is -2.52. The standard InChI is InChI=1S/C17H19N3O4/c21-16(18-23)15(13-4-2-1-3-5-13)19-7-9-20(10-8-19)17(22)14-6-11-24-12-14/h1-6,11-12,15,23H,7-10H2,(H,18,21).